The average Bonchev–Trinajstić information content (AvgIpc) is 2.61. The van der Waals surface area contributed by atoms with E-state index in [9.17, 15) is 0 Å². The third-order valence-electron chi connectivity index (χ3n) is 2.00. The first-order chi connectivity index (χ1) is 6.81. The van der Waals surface area contributed by atoms with E-state index in [0.717, 1.165) is 11.3 Å². The number of nitrogens with zero attached hydrogens (tertiary/aromatic N) is 3. The SMILES string of the molecule is [CH2]Cc1cn(-c2cccnc2)nc1N. The van der Waals surface area contributed by atoms with Gasteiger partial charge in [-0.15, -0.1) is 0 Å². The van der Waals surface area contributed by atoms with E-state index in [4.69, 9.17) is 5.73 Å². The summed E-state index contributed by atoms with van der Waals surface area (Å²) in [5.41, 5.74) is 7.55. The largest absolute Gasteiger partial charge is 0.382 e. The van der Waals surface area contributed by atoms with E-state index in [1.807, 2.05) is 18.3 Å². The molecule has 71 valence electrons. The molecule has 0 aromatic carbocycles. The Kier molecular flexibility index (Phi) is 2.18. The van der Waals surface area contributed by atoms with E-state index in [0.29, 0.717) is 12.2 Å². The molecule has 0 amide bonds. The van der Waals surface area contributed by atoms with Crippen molar-refractivity contribution in [2.45, 2.75) is 6.42 Å². The topological polar surface area (TPSA) is 56.7 Å². The molecule has 1 radical (unpaired) electrons. The third-order valence-corrected chi connectivity index (χ3v) is 2.00. The van der Waals surface area contributed by atoms with Crippen molar-refractivity contribution in [2.24, 2.45) is 0 Å². The van der Waals surface area contributed by atoms with Gasteiger partial charge >= 0.3 is 0 Å². The monoisotopic (exact) mass is 187 g/mol. The summed E-state index contributed by atoms with van der Waals surface area (Å²) in [4.78, 5) is 4.01. The fraction of sp³-hybridized carbons (Fsp3) is 0.100. The number of hydrogen-bond donors (Lipinski definition) is 1. The molecule has 0 aliphatic rings. The minimum Gasteiger partial charge on any atom is -0.382 e. The van der Waals surface area contributed by atoms with Gasteiger partial charge in [-0.3, -0.25) is 4.98 Å². The molecule has 4 nitrogen and oxygen atoms in total. The van der Waals surface area contributed by atoms with Gasteiger partial charge in [0.2, 0.25) is 0 Å². The molecule has 0 atom stereocenters. The number of pyridine rings is 1. The Hall–Kier alpha value is -1.84. The number of rotatable bonds is 2. The molecule has 0 saturated heterocycles. The number of nitrogens with two attached hydrogens (primary N) is 1. The van der Waals surface area contributed by atoms with Gasteiger partial charge in [-0.2, -0.15) is 5.10 Å². The summed E-state index contributed by atoms with van der Waals surface area (Å²) >= 11 is 0. The maximum absolute atomic E-state index is 5.70. The fourth-order valence-corrected chi connectivity index (χ4v) is 1.24. The van der Waals surface area contributed by atoms with Crippen LogP contribution >= 0.6 is 0 Å². The van der Waals surface area contributed by atoms with Gasteiger partial charge in [-0.25, -0.2) is 4.68 Å². The van der Waals surface area contributed by atoms with Crippen molar-refractivity contribution < 1.29 is 0 Å². The van der Waals surface area contributed by atoms with Crippen molar-refractivity contribution in [1.29, 1.82) is 0 Å². The third kappa shape index (κ3) is 1.46. The summed E-state index contributed by atoms with van der Waals surface area (Å²) in [7, 11) is 0. The Morgan fingerprint density at radius 3 is 2.93 bits per heavy atom. The van der Waals surface area contributed by atoms with Crippen molar-refractivity contribution in [3.05, 3.63) is 43.2 Å². The number of hydrogen-bond acceptors (Lipinski definition) is 3. The Labute approximate surface area is 82.4 Å². The second-order valence-corrected chi connectivity index (χ2v) is 2.95. The van der Waals surface area contributed by atoms with Gasteiger partial charge < -0.3 is 5.73 Å². The van der Waals surface area contributed by atoms with Crippen molar-refractivity contribution in [2.75, 3.05) is 5.73 Å². The van der Waals surface area contributed by atoms with Crippen molar-refractivity contribution in [3.63, 3.8) is 0 Å². The van der Waals surface area contributed by atoms with Gasteiger partial charge in [0.25, 0.3) is 0 Å². The van der Waals surface area contributed by atoms with E-state index in [1.165, 1.54) is 0 Å². The van der Waals surface area contributed by atoms with Crippen LogP contribution in [-0.2, 0) is 6.42 Å². The smallest absolute Gasteiger partial charge is 0.149 e. The fourth-order valence-electron chi connectivity index (χ4n) is 1.24. The lowest BCUT2D eigenvalue weighted by Gasteiger charge is -1.97. The molecule has 14 heavy (non-hydrogen) atoms. The summed E-state index contributed by atoms with van der Waals surface area (Å²) < 4.78 is 1.71. The van der Waals surface area contributed by atoms with Gasteiger partial charge in [0, 0.05) is 18.0 Å². The van der Waals surface area contributed by atoms with E-state index in [1.54, 1.807) is 17.1 Å². The van der Waals surface area contributed by atoms with Crippen LogP contribution in [0.15, 0.2) is 30.7 Å². The molecule has 0 saturated carbocycles. The second-order valence-electron chi connectivity index (χ2n) is 2.95. The predicted molar refractivity (Wildman–Crippen MR) is 54.8 cm³/mol. The summed E-state index contributed by atoms with van der Waals surface area (Å²) in [5, 5.41) is 4.17. The zero-order valence-corrected chi connectivity index (χ0v) is 7.72. The molecule has 0 bridgehead atoms. The minimum absolute atomic E-state index is 0.531. The van der Waals surface area contributed by atoms with Gasteiger partial charge in [-0.1, -0.05) is 0 Å². The van der Waals surface area contributed by atoms with Crippen LogP contribution in [-0.4, -0.2) is 14.8 Å². The van der Waals surface area contributed by atoms with Crippen LogP contribution in [0.1, 0.15) is 5.56 Å². The molecule has 0 aliphatic heterocycles. The number of nitrogen functional groups attached to an aromatic ring is 1. The van der Waals surface area contributed by atoms with Gasteiger partial charge in [0.15, 0.2) is 0 Å². The molecule has 2 aromatic heterocycles. The van der Waals surface area contributed by atoms with E-state index in [-0.39, 0.29) is 0 Å². The highest BCUT2D eigenvalue weighted by Crippen LogP contribution is 2.13. The molecule has 4 heteroatoms. The summed E-state index contributed by atoms with van der Waals surface area (Å²) in [6.07, 6.45) is 5.98. The highest BCUT2D eigenvalue weighted by atomic mass is 15.3. The standard InChI is InChI=1S/C10H11N4/c1-2-8-7-14(13-10(8)11)9-4-3-5-12-6-9/h3-7H,1-2H2,(H2,11,13). The Morgan fingerprint density at radius 2 is 2.36 bits per heavy atom. The second kappa shape index (κ2) is 3.49. The van der Waals surface area contributed by atoms with Crippen LogP contribution in [0, 0.1) is 6.92 Å². The molecular weight excluding hydrogens is 176 g/mol. The van der Waals surface area contributed by atoms with Gasteiger partial charge in [0.05, 0.1) is 11.9 Å². The highest BCUT2D eigenvalue weighted by Gasteiger charge is 2.04. The summed E-state index contributed by atoms with van der Waals surface area (Å²) in [5.74, 6) is 0.531. The summed E-state index contributed by atoms with van der Waals surface area (Å²) in [6, 6.07) is 3.78. The minimum atomic E-state index is 0.531. The zero-order chi connectivity index (χ0) is 9.97. The van der Waals surface area contributed by atoms with E-state index >= 15 is 0 Å². The van der Waals surface area contributed by atoms with E-state index in [2.05, 4.69) is 17.0 Å². The first-order valence-corrected chi connectivity index (χ1v) is 4.35. The maximum atomic E-state index is 5.70. The lowest BCUT2D eigenvalue weighted by molar-refractivity contribution is 0.878. The quantitative estimate of drug-likeness (QED) is 0.769. The molecule has 2 heterocycles. The average molecular weight is 187 g/mol. The van der Waals surface area contributed by atoms with E-state index < -0.39 is 0 Å². The zero-order valence-electron chi connectivity index (χ0n) is 7.72. The van der Waals surface area contributed by atoms with Crippen LogP contribution in [0.2, 0.25) is 0 Å². The van der Waals surface area contributed by atoms with Crippen LogP contribution in [0.4, 0.5) is 5.82 Å². The first-order valence-electron chi connectivity index (χ1n) is 4.35. The van der Waals surface area contributed by atoms with Crippen LogP contribution in [0.25, 0.3) is 5.69 Å². The number of anilines is 1. The first kappa shape index (κ1) is 8.74. The van der Waals surface area contributed by atoms with Crippen molar-refractivity contribution in [1.82, 2.24) is 14.8 Å². The molecule has 2 aromatic rings. The molecule has 2 N–H and O–H groups in total. The molecule has 0 fully saturated rings. The van der Waals surface area contributed by atoms with Gasteiger partial charge in [-0.05, 0) is 25.5 Å². The van der Waals surface area contributed by atoms with Crippen molar-refractivity contribution >= 4 is 5.82 Å². The molecule has 0 spiro atoms. The predicted octanol–water partition coefficient (Wildman–Crippen LogP) is 1.23. The molecule has 0 unspecified atom stereocenters. The summed E-state index contributed by atoms with van der Waals surface area (Å²) in [6.45, 7) is 3.77. The Morgan fingerprint density at radius 1 is 1.50 bits per heavy atom. The Balaban J connectivity index is 2.43. The van der Waals surface area contributed by atoms with Gasteiger partial charge in [0.1, 0.15) is 5.82 Å². The lowest BCUT2D eigenvalue weighted by atomic mass is 10.3. The molecular formula is C10H11N4. The lowest BCUT2D eigenvalue weighted by Crippen LogP contribution is -1.96. The Bertz CT molecular complexity index is 419. The maximum Gasteiger partial charge on any atom is 0.149 e. The van der Waals surface area contributed by atoms with Crippen LogP contribution < -0.4 is 5.73 Å². The van der Waals surface area contributed by atoms with Crippen molar-refractivity contribution in [3.8, 4) is 5.69 Å². The van der Waals surface area contributed by atoms with Crippen LogP contribution in [0.3, 0.4) is 0 Å². The highest BCUT2D eigenvalue weighted by molar-refractivity contribution is 5.41. The normalized spacial score (nSPS) is 10.4. The van der Waals surface area contributed by atoms with Crippen LogP contribution in [0.5, 0.6) is 0 Å². The molecule has 2 rings (SSSR count). The molecule has 0 aliphatic carbocycles. The number of aromatic nitrogens is 3.